The number of allylic oxidation sites excluding steroid dienone is 2. The molecule has 1 aliphatic rings. The predicted molar refractivity (Wildman–Crippen MR) is 96.7 cm³/mol. The average molecular weight is 329 g/mol. The summed E-state index contributed by atoms with van der Waals surface area (Å²) in [4.78, 5) is 16.7. The Labute approximate surface area is 144 Å². The fourth-order valence-electron chi connectivity index (χ4n) is 2.91. The van der Waals surface area contributed by atoms with E-state index in [-0.39, 0.29) is 17.4 Å². The van der Waals surface area contributed by atoms with Crippen LogP contribution in [-0.4, -0.2) is 15.9 Å². The molecule has 122 valence electrons. The van der Waals surface area contributed by atoms with Gasteiger partial charge in [0, 0.05) is 11.1 Å². The van der Waals surface area contributed by atoms with Crippen LogP contribution in [0.2, 0.25) is 0 Å². The lowest BCUT2D eigenvalue weighted by Gasteiger charge is -2.12. The van der Waals surface area contributed by atoms with E-state index in [9.17, 15) is 9.90 Å². The third-order valence-electron chi connectivity index (χ3n) is 4.22. The molecule has 4 heteroatoms. The predicted octanol–water partition coefficient (Wildman–Crippen LogP) is 4.49. The van der Waals surface area contributed by atoms with Crippen LogP contribution in [0.25, 0.3) is 29.2 Å². The van der Waals surface area contributed by atoms with Gasteiger partial charge in [0.25, 0.3) is 0 Å². The van der Waals surface area contributed by atoms with Crippen LogP contribution in [-0.2, 0) is 4.79 Å². The van der Waals surface area contributed by atoms with E-state index < -0.39 is 0 Å². The summed E-state index contributed by atoms with van der Waals surface area (Å²) in [5.74, 6) is -0.0985. The van der Waals surface area contributed by atoms with Crippen molar-refractivity contribution in [3.05, 3.63) is 77.0 Å². The van der Waals surface area contributed by atoms with E-state index >= 15 is 0 Å². The summed E-state index contributed by atoms with van der Waals surface area (Å²) in [5, 5.41) is 10.1. The van der Waals surface area contributed by atoms with Crippen LogP contribution in [0.4, 0.5) is 0 Å². The van der Waals surface area contributed by atoms with E-state index in [1.165, 1.54) is 6.08 Å². The molecule has 4 rings (SSSR count). The molecule has 0 saturated carbocycles. The number of ketones is 1. The molecule has 0 radical (unpaired) electrons. The van der Waals surface area contributed by atoms with Gasteiger partial charge in [-0.1, -0.05) is 48.5 Å². The average Bonchev–Trinajstić information content (AvgIpc) is 2.98. The number of carbonyl (C=O) groups excluding carboxylic acids is 1. The van der Waals surface area contributed by atoms with Crippen LogP contribution in [0.1, 0.15) is 22.4 Å². The molecule has 0 fully saturated rings. The Morgan fingerprint density at radius 2 is 1.72 bits per heavy atom. The van der Waals surface area contributed by atoms with Crippen molar-refractivity contribution < 1.29 is 14.3 Å². The van der Waals surface area contributed by atoms with E-state index in [0.717, 1.165) is 22.3 Å². The number of carbonyl (C=O) groups is 1. The normalized spacial score (nSPS) is 14.8. The Balaban J connectivity index is 1.82. The summed E-state index contributed by atoms with van der Waals surface area (Å²) < 4.78 is 5.42. The van der Waals surface area contributed by atoms with Crippen molar-refractivity contribution in [1.82, 2.24) is 4.98 Å². The van der Waals surface area contributed by atoms with Crippen molar-refractivity contribution in [3.8, 4) is 17.4 Å². The minimum atomic E-state index is -0.300. The van der Waals surface area contributed by atoms with Gasteiger partial charge in [-0.15, -0.1) is 0 Å². The second-order valence-corrected chi connectivity index (χ2v) is 5.87. The maximum atomic E-state index is 12.3. The van der Waals surface area contributed by atoms with Crippen LogP contribution >= 0.6 is 0 Å². The Morgan fingerprint density at radius 3 is 2.52 bits per heavy atom. The van der Waals surface area contributed by atoms with E-state index in [4.69, 9.17) is 4.42 Å². The van der Waals surface area contributed by atoms with Gasteiger partial charge in [-0.05, 0) is 41.8 Å². The highest BCUT2D eigenvalue weighted by atomic mass is 16.5. The fourth-order valence-corrected chi connectivity index (χ4v) is 2.91. The molecule has 1 aromatic heterocycles. The molecule has 1 heterocycles. The minimum Gasteiger partial charge on any atom is -0.479 e. The highest BCUT2D eigenvalue weighted by Gasteiger charge is 2.20. The lowest BCUT2D eigenvalue weighted by atomic mass is 9.91. The van der Waals surface area contributed by atoms with Crippen LogP contribution in [0.3, 0.4) is 0 Å². The molecule has 0 bridgehead atoms. The maximum absolute atomic E-state index is 12.3. The number of hydrogen-bond donors (Lipinski definition) is 1. The largest absolute Gasteiger partial charge is 0.479 e. The molecular formula is C21H15NO3. The number of rotatable bonds is 2. The molecular weight excluding hydrogens is 314 g/mol. The Kier molecular flexibility index (Phi) is 3.58. The molecule has 4 nitrogen and oxygen atoms in total. The van der Waals surface area contributed by atoms with Crippen LogP contribution < -0.4 is 0 Å². The standard InChI is InChI=1S/C21H15NO3/c1-13-6-2-4-8-15(13)20-22-18(21(24)25-20)12-17-16-9-5-3-7-14(16)10-11-19(17)23/h2-12,24H,1H3/b17-12-. The van der Waals surface area contributed by atoms with Crippen molar-refractivity contribution in [2.24, 2.45) is 0 Å². The molecule has 0 spiro atoms. The van der Waals surface area contributed by atoms with Gasteiger partial charge < -0.3 is 9.52 Å². The molecule has 3 aromatic rings. The quantitative estimate of drug-likeness (QED) is 0.704. The first kappa shape index (κ1) is 15.1. The Morgan fingerprint density at radius 1 is 1.00 bits per heavy atom. The second-order valence-electron chi connectivity index (χ2n) is 5.87. The number of aromatic hydroxyl groups is 1. The van der Waals surface area contributed by atoms with Crippen molar-refractivity contribution >= 4 is 23.5 Å². The molecule has 0 saturated heterocycles. The number of oxazole rings is 1. The number of aromatic nitrogens is 1. The van der Waals surface area contributed by atoms with Crippen molar-refractivity contribution in [2.45, 2.75) is 6.92 Å². The van der Waals surface area contributed by atoms with Crippen LogP contribution in [0, 0.1) is 6.92 Å². The monoisotopic (exact) mass is 329 g/mol. The van der Waals surface area contributed by atoms with Crippen molar-refractivity contribution in [2.75, 3.05) is 0 Å². The third kappa shape index (κ3) is 2.68. The Bertz CT molecular complexity index is 1040. The van der Waals surface area contributed by atoms with Crippen molar-refractivity contribution in [3.63, 3.8) is 0 Å². The van der Waals surface area contributed by atoms with Gasteiger partial charge in [0.2, 0.25) is 5.89 Å². The molecule has 2 aromatic carbocycles. The highest BCUT2D eigenvalue weighted by molar-refractivity contribution is 6.33. The smallest absolute Gasteiger partial charge is 0.310 e. The third-order valence-corrected chi connectivity index (χ3v) is 4.22. The van der Waals surface area contributed by atoms with Crippen molar-refractivity contribution in [1.29, 1.82) is 0 Å². The number of nitrogens with zero attached hydrogens (tertiary/aromatic N) is 1. The number of benzene rings is 2. The summed E-state index contributed by atoms with van der Waals surface area (Å²) >= 11 is 0. The molecule has 0 aliphatic heterocycles. The summed E-state index contributed by atoms with van der Waals surface area (Å²) in [6.45, 7) is 1.94. The van der Waals surface area contributed by atoms with Gasteiger partial charge in [0.1, 0.15) is 5.69 Å². The first-order valence-corrected chi connectivity index (χ1v) is 7.93. The van der Waals surface area contributed by atoms with Gasteiger partial charge in [0.05, 0.1) is 0 Å². The SMILES string of the molecule is Cc1ccccc1-c1nc(/C=C2\C(=O)C=Cc3ccccc32)c(O)o1. The van der Waals surface area contributed by atoms with E-state index in [1.807, 2.05) is 55.5 Å². The fraction of sp³-hybridized carbons (Fsp3) is 0.0476. The zero-order valence-corrected chi connectivity index (χ0v) is 13.6. The first-order valence-electron chi connectivity index (χ1n) is 7.93. The van der Waals surface area contributed by atoms with Crippen LogP contribution in [0.15, 0.2) is 59.0 Å². The summed E-state index contributed by atoms with van der Waals surface area (Å²) in [6, 6.07) is 15.2. The molecule has 0 atom stereocenters. The molecule has 0 unspecified atom stereocenters. The Hall–Kier alpha value is -3.40. The summed E-state index contributed by atoms with van der Waals surface area (Å²) in [6.07, 6.45) is 4.88. The molecule has 1 N–H and O–H groups in total. The lowest BCUT2D eigenvalue weighted by molar-refractivity contribution is -0.109. The first-order chi connectivity index (χ1) is 12.1. The van der Waals surface area contributed by atoms with Crippen LogP contribution in [0.5, 0.6) is 5.95 Å². The number of aryl methyl sites for hydroxylation is 1. The molecule has 1 aliphatic carbocycles. The maximum Gasteiger partial charge on any atom is 0.310 e. The van der Waals surface area contributed by atoms with E-state index in [0.29, 0.717) is 11.5 Å². The van der Waals surface area contributed by atoms with E-state index in [2.05, 4.69) is 4.98 Å². The van der Waals surface area contributed by atoms with Gasteiger partial charge in [-0.3, -0.25) is 4.79 Å². The topological polar surface area (TPSA) is 63.3 Å². The lowest BCUT2D eigenvalue weighted by Crippen LogP contribution is -2.04. The van der Waals surface area contributed by atoms with Gasteiger partial charge in [-0.2, -0.15) is 0 Å². The summed E-state index contributed by atoms with van der Waals surface area (Å²) in [5.41, 5.74) is 4.29. The minimum absolute atomic E-state index is 0.126. The summed E-state index contributed by atoms with van der Waals surface area (Å²) in [7, 11) is 0. The van der Waals surface area contributed by atoms with E-state index in [1.54, 1.807) is 12.2 Å². The molecule has 0 amide bonds. The number of hydrogen-bond acceptors (Lipinski definition) is 4. The molecule has 25 heavy (non-hydrogen) atoms. The van der Waals surface area contributed by atoms with Gasteiger partial charge >= 0.3 is 5.95 Å². The number of fused-ring (bicyclic) bond motifs is 1. The highest BCUT2D eigenvalue weighted by Crippen LogP contribution is 2.33. The second kappa shape index (κ2) is 5.91. The van der Waals surface area contributed by atoms with Gasteiger partial charge in [-0.25, -0.2) is 4.98 Å². The van der Waals surface area contributed by atoms with Gasteiger partial charge in [0.15, 0.2) is 5.78 Å². The zero-order chi connectivity index (χ0) is 17.4. The zero-order valence-electron chi connectivity index (χ0n) is 13.6.